The molecule has 1 heterocycles. The number of carbonyl (C=O) groups is 1. The number of amides is 2. The maximum absolute atomic E-state index is 12.9. The first kappa shape index (κ1) is 16.4. The lowest BCUT2D eigenvalue weighted by Gasteiger charge is -2.43. The first-order chi connectivity index (χ1) is 10.1. The Morgan fingerprint density at radius 1 is 1.23 bits per heavy atom. The van der Waals surface area contributed by atoms with Crippen molar-refractivity contribution in [3.8, 4) is 5.75 Å². The van der Waals surface area contributed by atoms with Crippen molar-refractivity contribution in [2.45, 2.75) is 31.0 Å². The number of alkyl halides is 3. The molecule has 2 atom stereocenters. The van der Waals surface area contributed by atoms with Crippen molar-refractivity contribution in [3.63, 3.8) is 0 Å². The minimum Gasteiger partial charge on any atom is -0.494 e. The highest BCUT2D eigenvalue weighted by atomic mass is 19.4. The molecule has 0 aliphatic carbocycles. The standard InChI is InChI=1S/C13H15F3N2O4/c1-2-22-9-5-3-8(4-6-9)11(20)7-12(21,13(14,15)16)18-10(19)17-11/h3-6,20-21H,2,7H2,1H3,(H2,17,18,19)/t11-,12+/m0/s1. The van der Waals surface area contributed by atoms with Gasteiger partial charge in [-0.05, 0) is 19.1 Å². The van der Waals surface area contributed by atoms with E-state index in [-0.39, 0.29) is 5.56 Å². The number of rotatable bonds is 3. The van der Waals surface area contributed by atoms with Gasteiger partial charge in [0.1, 0.15) is 5.75 Å². The van der Waals surface area contributed by atoms with Crippen LogP contribution in [0.4, 0.5) is 18.0 Å². The molecule has 2 amide bonds. The number of halogens is 3. The molecule has 1 aliphatic heterocycles. The zero-order valence-electron chi connectivity index (χ0n) is 11.6. The van der Waals surface area contributed by atoms with Crippen molar-refractivity contribution < 1.29 is 32.9 Å². The Labute approximate surface area is 123 Å². The van der Waals surface area contributed by atoms with Crippen molar-refractivity contribution in [3.05, 3.63) is 29.8 Å². The molecule has 2 rings (SSSR count). The number of aliphatic hydroxyl groups is 2. The van der Waals surface area contributed by atoms with E-state index in [9.17, 15) is 28.2 Å². The zero-order valence-corrected chi connectivity index (χ0v) is 11.6. The molecule has 22 heavy (non-hydrogen) atoms. The Morgan fingerprint density at radius 2 is 1.82 bits per heavy atom. The Morgan fingerprint density at radius 3 is 2.32 bits per heavy atom. The van der Waals surface area contributed by atoms with Gasteiger partial charge in [0, 0.05) is 5.56 Å². The van der Waals surface area contributed by atoms with Gasteiger partial charge in [-0.25, -0.2) is 4.79 Å². The van der Waals surface area contributed by atoms with Crippen molar-refractivity contribution in [2.24, 2.45) is 0 Å². The van der Waals surface area contributed by atoms with E-state index >= 15 is 0 Å². The third-order valence-corrected chi connectivity index (χ3v) is 3.26. The number of ether oxygens (including phenoxy) is 1. The molecular weight excluding hydrogens is 305 g/mol. The van der Waals surface area contributed by atoms with E-state index in [0.717, 1.165) is 0 Å². The van der Waals surface area contributed by atoms with Crippen LogP contribution >= 0.6 is 0 Å². The van der Waals surface area contributed by atoms with Gasteiger partial charge in [-0.15, -0.1) is 0 Å². The van der Waals surface area contributed by atoms with E-state index in [1.54, 1.807) is 6.92 Å². The van der Waals surface area contributed by atoms with Gasteiger partial charge in [0.2, 0.25) is 5.72 Å². The van der Waals surface area contributed by atoms with Gasteiger partial charge in [-0.1, -0.05) is 12.1 Å². The van der Waals surface area contributed by atoms with Crippen LogP contribution in [-0.4, -0.2) is 34.8 Å². The topological polar surface area (TPSA) is 90.8 Å². The molecule has 0 unspecified atom stereocenters. The van der Waals surface area contributed by atoms with Gasteiger partial charge < -0.3 is 25.6 Å². The fourth-order valence-corrected chi connectivity index (χ4v) is 2.20. The molecule has 1 aliphatic rings. The second kappa shape index (κ2) is 5.33. The monoisotopic (exact) mass is 320 g/mol. The van der Waals surface area contributed by atoms with Crippen LogP contribution in [0.25, 0.3) is 0 Å². The first-order valence-electron chi connectivity index (χ1n) is 6.45. The summed E-state index contributed by atoms with van der Waals surface area (Å²) in [6.45, 7) is 2.16. The lowest BCUT2D eigenvalue weighted by Crippen LogP contribution is -2.71. The Bertz CT molecular complexity index is 563. The van der Waals surface area contributed by atoms with Crippen LogP contribution in [-0.2, 0) is 5.72 Å². The second-order valence-electron chi connectivity index (χ2n) is 4.93. The Kier molecular flexibility index (Phi) is 3.96. The van der Waals surface area contributed by atoms with Gasteiger partial charge in [-0.2, -0.15) is 13.2 Å². The molecule has 1 aromatic carbocycles. The average Bonchev–Trinajstić information content (AvgIpc) is 2.37. The van der Waals surface area contributed by atoms with Gasteiger partial charge in [0.05, 0.1) is 13.0 Å². The number of benzene rings is 1. The molecule has 0 spiro atoms. The van der Waals surface area contributed by atoms with Crippen LogP contribution < -0.4 is 15.4 Å². The molecule has 122 valence electrons. The SMILES string of the molecule is CCOc1ccc([C@@]2(O)C[C@@](O)(C(F)(F)F)NC(=O)N2)cc1. The number of carbonyl (C=O) groups excluding carboxylic acids is 1. The molecule has 0 saturated carbocycles. The molecule has 0 bridgehead atoms. The summed E-state index contributed by atoms with van der Waals surface area (Å²) in [5.74, 6) is 0.459. The third kappa shape index (κ3) is 2.95. The summed E-state index contributed by atoms with van der Waals surface area (Å²) in [5.41, 5.74) is -5.89. The molecular formula is C13H15F3N2O4. The lowest BCUT2D eigenvalue weighted by molar-refractivity contribution is -0.291. The quantitative estimate of drug-likeness (QED) is 0.673. The van der Waals surface area contributed by atoms with Gasteiger partial charge >= 0.3 is 12.2 Å². The second-order valence-corrected chi connectivity index (χ2v) is 4.93. The highest BCUT2D eigenvalue weighted by Crippen LogP contribution is 2.39. The maximum Gasteiger partial charge on any atom is 0.436 e. The van der Waals surface area contributed by atoms with Crippen LogP contribution in [0.15, 0.2) is 24.3 Å². The van der Waals surface area contributed by atoms with E-state index in [4.69, 9.17) is 4.74 Å². The molecule has 1 fully saturated rings. The Balaban J connectivity index is 2.33. The number of nitrogens with one attached hydrogen (secondary N) is 2. The minimum absolute atomic E-state index is 0.00604. The summed E-state index contributed by atoms with van der Waals surface area (Å²) < 4.78 is 43.9. The minimum atomic E-state index is -5.13. The largest absolute Gasteiger partial charge is 0.494 e. The van der Waals surface area contributed by atoms with E-state index in [1.807, 2.05) is 5.32 Å². The van der Waals surface area contributed by atoms with E-state index in [1.165, 1.54) is 29.6 Å². The smallest absolute Gasteiger partial charge is 0.436 e. The summed E-state index contributed by atoms with van der Waals surface area (Å²) in [6.07, 6.45) is -6.33. The maximum atomic E-state index is 12.9. The summed E-state index contributed by atoms with van der Waals surface area (Å²) >= 11 is 0. The molecule has 6 nitrogen and oxygen atoms in total. The molecule has 9 heteroatoms. The fraction of sp³-hybridized carbons (Fsp3) is 0.462. The number of urea groups is 1. The number of hydrogen-bond donors (Lipinski definition) is 4. The Hall–Kier alpha value is -2.00. The van der Waals surface area contributed by atoms with Crippen LogP contribution in [0.2, 0.25) is 0 Å². The van der Waals surface area contributed by atoms with E-state index < -0.39 is 30.1 Å². The summed E-state index contributed by atoms with van der Waals surface area (Å²) in [6, 6.07) is 4.18. The molecule has 0 radical (unpaired) electrons. The predicted octanol–water partition coefficient (Wildman–Crippen LogP) is 1.18. The summed E-state index contributed by atoms with van der Waals surface area (Å²) in [5, 5.41) is 23.4. The van der Waals surface area contributed by atoms with Crippen LogP contribution in [0.5, 0.6) is 5.75 Å². The molecule has 0 aromatic heterocycles. The van der Waals surface area contributed by atoms with Crippen LogP contribution in [0.1, 0.15) is 18.9 Å². The van der Waals surface area contributed by atoms with Gasteiger partial charge in [-0.3, -0.25) is 0 Å². The summed E-state index contributed by atoms with van der Waals surface area (Å²) in [4.78, 5) is 11.4. The van der Waals surface area contributed by atoms with Gasteiger partial charge in [0.15, 0.2) is 5.72 Å². The van der Waals surface area contributed by atoms with Gasteiger partial charge in [0.25, 0.3) is 0 Å². The van der Waals surface area contributed by atoms with E-state index in [0.29, 0.717) is 12.4 Å². The normalized spacial score (nSPS) is 28.7. The van der Waals surface area contributed by atoms with E-state index in [2.05, 4.69) is 0 Å². The number of hydrogen-bond acceptors (Lipinski definition) is 4. The zero-order chi connectivity index (χ0) is 16.6. The molecule has 1 aromatic rings. The fourth-order valence-electron chi connectivity index (χ4n) is 2.20. The lowest BCUT2D eigenvalue weighted by atomic mass is 9.90. The molecule has 4 N–H and O–H groups in total. The van der Waals surface area contributed by atoms with Crippen molar-refractivity contribution in [2.75, 3.05) is 6.61 Å². The molecule has 1 saturated heterocycles. The third-order valence-electron chi connectivity index (χ3n) is 3.26. The van der Waals surface area contributed by atoms with Crippen molar-refractivity contribution >= 4 is 6.03 Å². The van der Waals surface area contributed by atoms with Crippen LogP contribution in [0, 0.1) is 0 Å². The highest BCUT2D eigenvalue weighted by Gasteiger charge is 2.61. The predicted molar refractivity (Wildman–Crippen MR) is 68.8 cm³/mol. The highest BCUT2D eigenvalue weighted by molar-refractivity contribution is 5.77. The first-order valence-corrected chi connectivity index (χ1v) is 6.45. The van der Waals surface area contributed by atoms with Crippen LogP contribution in [0.3, 0.4) is 0 Å². The summed E-state index contributed by atoms with van der Waals surface area (Å²) in [7, 11) is 0. The van der Waals surface area contributed by atoms with Crippen molar-refractivity contribution in [1.29, 1.82) is 0 Å². The van der Waals surface area contributed by atoms with Crippen molar-refractivity contribution in [1.82, 2.24) is 10.6 Å². The average molecular weight is 320 g/mol.